The Morgan fingerprint density at radius 3 is 2.37 bits per heavy atom. The Morgan fingerprint density at radius 2 is 1.77 bits per heavy atom. The molecule has 1 aliphatic heterocycles. The van der Waals surface area contributed by atoms with E-state index in [-0.39, 0.29) is 16.9 Å². The average Bonchev–Trinajstić information content (AvgIpc) is 3.28. The number of benzene rings is 2. The quantitative estimate of drug-likeness (QED) is 0.364. The van der Waals surface area contributed by atoms with E-state index in [9.17, 15) is 13.2 Å². The minimum absolute atomic E-state index is 0.0194. The number of carbonyl (C=O) groups excluding carboxylic acids is 1. The van der Waals surface area contributed by atoms with Crippen molar-refractivity contribution in [2.45, 2.75) is 50.5 Å². The maximum absolute atomic E-state index is 13.0. The minimum atomic E-state index is -3.56. The lowest BCUT2D eigenvalue weighted by atomic mass is 10.1. The smallest absolute Gasteiger partial charge is 0.274 e. The molecule has 188 valence electrons. The fourth-order valence-electron chi connectivity index (χ4n) is 4.22. The van der Waals surface area contributed by atoms with Gasteiger partial charge in [-0.3, -0.25) is 4.79 Å². The second-order valence-corrected chi connectivity index (χ2v) is 11.9. The number of hydrogen-bond acceptors (Lipinski definition) is 6. The van der Waals surface area contributed by atoms with Crippen LogP contribution < -0.4 is 4.74 Å². The lowest BCUT2D eigenvalue weighted by Crippen LogP contribution is -2.41. The highest BCUT2D eigenvalue weighted by Crippen LogP contribution is 2.33. The summed E-state index contributed by atoms with van der Waals surface area (Å²) in [5, 5.41) is 1.20. The number of para-hydroxylation sites is 1. The monoisotopic (exact) mass is 535 g/mol. The molecule has 1 aromatic heterocycles. The minimum Gasteiger partial charge on any atom is -0.467 e. The molecule has 0 unspecified atom stereocenters. The summed E-state index contributed by atoms with van der Waals surface area (Å²) in [4.78, 5) is 19.5. The van der Waals surface area contributed by atoms with Crippen LogP contribution in [-0.2, 0) is 10.0 Å². The molecule has 3 aromatic rings. The SMILES string of the molecule is CCCN(CCC)S(=O)(=O)c1ccc(C(=O)N2CCC(Oc3nc4c(Cl)cccc4s3)CC2)cc1. The van der Waals surface area contributed by atoms with E-state index in [0.29, 0.717) is 54.8 Å². The number of aromatic nitrogens is 1. The van der Waals surface area contributed by atoms with Crippen LogP contribution in [0.25, 0.3) is 10.2 Å². The van der Waals surface area contributed by atoms with Crippen molar-refractivity contribution in [3.05, 3.63) is 53.1 Å². The van der Waals surface area contributed by atoms with Gasteiger partial charge in [0, 0.05) is 44.6 Å². The number of thiazole rings is 1. The maximum atomic E-state index is 13.0. The zero-order valence-electron chi connectivity index (χ0n) is 19.9. The summed E-state index contributed by atoms with van der Waals surface area (Å²) in [6, 6.07) is 12.0. The fraction of sp³-hybridized carbons (Fsp3) is 0.440. The number of nitrogens with zero attached hydrogens (tertiary/aromatic N) is 3. The van der Waals surface area contributed by atoms with Gasteiger partial charge < -0.3 is 9.64 Å². The summed E-state index contributed by atoms with van der Waals surface area (Å²) >= 11 is 7.68. The largest absolute Gasteiger partial charge is 0.467 e. The number of hydrogen-bond donors (Lipinski definition) is 0. The third-order valence-corrected chi connectivity index (χ3v) is 9.16. The molecule has 0 bridgehead atoms. The molecule has 4 rings (SSSR count). The molecular formula is C25H30ClN3O4S2. The summed E-state index contributed by atoms with van der Waals surface area (Å²) in [6.45, 7) is 6.02. The van der Waals surface area contributed by atoms with Gasteiger partial charge in [-0.2, -0.15) is 4.31 Å². The number of fused-ring (bicyclic) bond motifs is 1. The van der Waals surface area contributed by atoms with Crippen molar-refractivity contribution in [1.29, 1.82) is 0 Å². The highest BCUT2D eigenvalue weighted by molar-refractivity contribution is 7.89. The molecule has 0 aliphatic carbocycles. The van der Waals surface area contributed by atoms with Crippen LogP contribution in [-0.4, -0.2) is 60.8 Å². The first kappa shape index (κ1) is 25.9. The number of sulfonamides is 1. The summed E-state index contributed by atoms with van der Waals surface area (Å²) in [5.41, 5.74) is 1.24. The van der Waals surface area contributed by atoms with Crippen LogP contribution in [0.15, 0.2) is 47.4 Å². The van der Waals surface area contributed by atoms with Crippen LogP contribution in [0.3, 0.4) is 0 Å². The number of piperidine rings is 1. The summed E-state index contributed by atoms with van der Waals surface area (Å²) < 4.78 is 34.5. The number of halogens is 1. The maximum Gasteiger partial charge on any atom is 0.274 e. The van der Waals surface area contributed by atoms with E-state index in [4.69, 9.17) is 16.3 Å². The highest BCUT2D eigenvalue weighted by atomic mass is 35.5. The number of carbonyl (C=O) groups is 1. The van der Waals surface area contributed by atoms with E-state index in [1.54, 1.807) is 17.0 Å². The van der Waals surface area contributed by atoms with Crippen LogP contribution in [0, 0.1) is 0 Å². The Hall–Kier alpha value is -2.20. The Labute approximate surface area is 215 Å². The van der Waals surface area contributed by atoms with E-state index < -0.39 is 10.0 Å². The molecule has 0 saturated carbocycles. The fourth-order valence-corrected chi connectivity index (χ4v) is 7.02. The molecule has 1 fully saturated rings. The van der Waals surface area contributed by atoms with Gasteiger partial charge in [0.1, 0.15) is 11.6 Å². The van der Waals surface area contributed by atoms with Gasteiger partial charge in [0.05, 0.1) is 14.6 Å². The molecule has 7 nitrogen and oxygen atoms in total. The Morgan fingerprint density at radius 1 is 1.11 bits per heavy atom. The van der Waals surface area contributed by atoms with Crippen molar-refractivity contribution in [3.8, 4) is 5.19 Å². The normalized spacial score (nSPS) is 15.1. The molecule has 0 spiro atoms. The molecule has 1 saturated heterocycles. The first-order chi connectivity index (χ1) is 16.8. The third-order valence-electron chi connectivity index (χ3n) is 6.03. The number of likely N-dealkylation sites (tertiary alicyclic amines) is 1. The van der Waals surface area contributed by atoms with Crippen molar-refractivity contribution < 1.29 is 17.9 Å². The van der Waals surface area contributed by atoms with Gasteiger partial charge in [-0.1, -0.05) is 42.9 Å². The van der Waals surface area contributed by atoms with Gasteiger partial charge in [0.25, 0.3) is 11.1 Å². The van der Waals surface area contributed by atoms with E-state index >= 15 is 0 Å². The van der Waals surface area contributed by atoms with Crippen LogP contribution in [0.2, 0.25) is 5.02 Å². The zero-order chi connectivity index (χ0) is 25.0. The molecule has 2 aromatic carbocycles. The van der Waals surface area contributed by atoms with Gasteiger partial charge in [-0.25, -0.2) is 13.4 Å². The molecule has 2 heterocycles. The van der Waals surface area contributed by atoms with Gasteiger partial charge in [0.2, 0.25) is 10.0 Å². The lowest BCUT2D eigenvalue weighted by molar-refractivity contribution is 0.0595. The standard InChI is InChI=1S/C25H30ClN3O4S2/c1-3-14-29(15-4-2)35(31,32)20-10-8-18(9-11-20)24(30)28-16-12-19(13-17-28)33-25-27-23-21(26)6-5-7-22(23)34-25/h5-11,19H,3-4,12-17H2,1-2H3. The molecule has 0 N–H and O–H groups in total. The first-order valence-electron chi connectivity index (χ1n) is 11.9. The molecule has 1 aliphatic rings. The Balaban J connectivity index is 1.36. The molecule has 1 amide bonds. The first-order valence-corrected chi connectivity index (χ1v) is 14.6. The van der Waals surface area contributed by atoms with E-state index in [0.717, 1.165) is 23.1 Å². The predicted molar refractivity (Wildman–Crippen MR) is 140 cm³/mol. The van der Waals surface area contributed by atoms with Crippen molar-refractivity contribution in [2.24, 2.45) is 0 Å². The van der Waals surface area contributed by atoms with Crippen molar-refractivity contribution in [2.75, 3.05) is 26.2 Å². The second kappa shape index (κ2) is 11.2. The van der Waals surface area contributed by atoms with Crippen molar-refractivity contribution in [3.63, 3.8) is 0 Å². The van der Waals surface area contributed by atoms with Crippen LogP contribution in [0.4, 0.5) is 0 Å². The van der Waals surface area contributed by atoms with Crippen molar-refractivity contribution >= 4 is 49.1 Å². The predicted octanol–water partition coefficient (Wildman–Crippen LogP) is 5.44. The Bertz CT molecular complexity index is 1260. The van der Waals surface area contributed by atoms with Crippen LogP contribution in [0.5, 0.6) is 5.19 Å². The zero-order valence-corrected chi connectivity index (χ0v) is 22.3. The van der Waals surface area contributed by atoms with Gasteiger partial charge in [-0.15, -0.1) is 0 Å². The van der Waals surface area contributed by atoms with E-state index in [1.165, 1.54) is 27.8 Å². The molecular weight excluding hydrogens is 506 g/mol. The van der Waals surface area contributed by atoms with Gasteiger partial charge >= 0.3 is 0 Å². The Kier molecular flexibility index (Phi) is 8.31. The van der Waals surface area contributed by atoms with Crippen LogP contribution >= 0.6 is 22.9 Å². The lowest BCUT2D eigenvalue weighted by Gasteiger charge is -2.31. The molecule has 35 heavy (non-hydrogen) atoms. The number of amides is 1. The highest BCUT2D eigenvalue weighted by Gasteiger charge is 2.27. The summed E-state index contributed by atoms with van der Waals surface area (Å²) in [7, 11) is -3.56. The van der Waals surface area contributed by atoms with E-state index in [2.05, 4.69) is 4.98 Å². The molecule has 10 heteroatoms. The van der Waals surface area contributed by atoms with Crippen LogP contribution in [0.1, 0.15) is 49.9 Å². The third kappa shape index (κ3) is 5.80. The number of ether oxygens (including phenoxy) is 1. The van der Waals surface area contributed by atoms with Gasteiger partial charge in [0.15, 0.2) is 0 Å². The van der Waals surface area contributed by atoms with E-state index in [1.807, 2.05) is 32.0 Å². The molecule has 0 atom stereocenters. The average molecular weight is 536 g/mol. The summed E-state index contributed by atoms with van der Waals surface area (Å²) in [6.07, 6.45) is 2.88. The van der Waals surface area contributed by atoms with Crippen molar-refractivity contribution in [1.82, 2.24) is 14.2 Å². The summed E-state index contributed by atoms with van der Waals surface area (Å²) in [5.74, 6) is -0.0989. The van der Waals surface area contributed by atoms with Gasteiger partial charge in [-0.05, 0) is 49.2 Å². The molecule has 0 radical (unpaired) electrons. The number of rotatable bonds is 9. The second-order valence-electron chi connectivity index (χ2n) is 8.60. The topological polar surface area (TPSA) is 79.8 Å².